The number of ketones is 2. The van der Waals surface area contributed by atoms with Crippen molar-refractivity contribution < 1.29 is 78.2 Å². The zero-order chi connectivity index (χ0) is 16.7. The Hall–Kier alpha value is -1.39. The smallest absolute Gasteiger partial charge is 0.869 e. The van der Waals surface area contributed by atoms with E-state index >= 15 is 0 Å². The number of allylic oxidation sites excluding steroid dienone is 4. The third-order valence-corrected chi connectivity index (χ3v) is 1.23. The van der Waals surface area contributed by atoms with Gasteiger partial charge in [0.05, 0.1) is 0 Å². The molecule has 0 rings (SSSR count). The van der Waals surface area contributed by atoms with Crippen molar-refractivity contribution in [3.05, 3.63) is 23.7 Å². The van der Waals surface area contributed by atoms with Crippen molar-refractivity contribution in [2.75, 3.05) is 0 Å². The first kappa shape index (κ1) is 33.3. The summed E-state index contributed by atoms with van der Waals surface area (Å²) in [6, 6.07) is 0. The van der Waals surface area contributed by atoms with Crippen molar-refractivity contribution in [2.24, 2.45) is 0 Å². The van der Waals surface area contributed by atoms with Gasteiger partial charge < -0.3 is 21.2 Å². The van der Waals surface area contributed by atoms with Crippen LogP contribution in [0.5, 0.6) is 0 Å². The number of rotatable bonds is 2. The molecule has 0 aliphatic rings. The zero-order valence-corrected chi connectivity index (χ0v) is 13.5. The molecule has 0 atom stereocenters. The van der Waals surface area contributed by atoms with Gasteiger partial charge in [-0.15, -0.1) is 0 Å². The van der Waals surface area contributed by atoms with E-state index < -0.39 is 35.4 Å². The Balaban J connectivity index is -0.0000000831. The summed E-state index contributed by atoms with van der Waals surface area (Å²) in [7, 11) is 0. The Labute approximate surface area is 140 Å². The van der Waals surface area contributed by atoms with Crippen LogP contribution < -0.4 is 10.2 Å². The second kappa shape index (κ2) is 13.1. The van der Waals surface area contributed by atoms with Gasteiger partial charge in [0, 0.05) is 0 Å². The molecule has 0 aromatic carbocycles. The molecule has 0 amide bonds. The SMILES string of the molecule is CC(=O)/C=C(\[O-])C(F)(F)F.CC(=O)/C=C(\[O-])C(F)(F)F.O.O.[Mo+2]. The zero-order valence-electron chi connectivity index (χ0n) is 11.5. The van der Waals surface area contributed by atoms with Gasteiger partial charge in [0.15, 0.2) is 11.6 Å². The van der Waals surface area contributed by atoms with Crippen LogP contribution >= 0.6 is 0 Å². The van der Waals surface area contributed by atoms with Gasteiger partial charge in [-0.1, -0.05) is 0 Å². The average molecular weight is 438 g/mol. The summed E-state index contributed by atoms with van der Waals surface area (Å²) in [4.78, 5) is 19.8. The van der Waals surface area contributed by atoms with Crippen LogP contribution in [0.4, 0.5) is 26.3 Å². The van der Waals surface area contributed by atoms with Crippen LogP contribution in [-0.4, -0.2) is 34.9 Å². The number of alkyl halides is 6. The first-order chi connectivity index (χ1) is 8.67. The van der Waals surface area contributed by atoms with E-state index in [-0.39, 0.29) is 44.2 Å². The fraction of sp³-hybridized carbons (Fsp3) is 0.400. The van der Waals surface area contributed by atoms with Gasteiger partial charge in [-0.3, -0.25) is 9.59 Å². The van der Waals surface area contributed by atoms with Crippen molar-refractivity contribution in [3.8, 4) is 0 Å². The maximum Gasteiger partial charge on any atom is 2.00 e. The molecule has 0 aromatic rings. The molecule has 0 aliphatic heterocycles. The molecule has 23 heavy (non-hydrogen) atoms. The molecule has 6 nitrogen and oxygen atoms in total. The topological polar surface area (TPSA) is 143 Å². The Bertz CT molecular complexity index is 387. The molecule has 0 radical (unpaired) electrons. The monoisotopic (exact) mass is 440 g/mol. The first-order valence-electron chi connectivity index (χ1n) is 4.61. The van der Waals surface area contributed by atoms with Crippen LogP contribution in [0.1, 0.15) is 13.8 Å². The van der Waals surface area contributed by atoms with E-state index in [1.807, 2.05) is 0 Å². The Morgan fingerprint density at radius 3 is 0.957 bits per heavy atom. The summed E-state index contributed by atoms with van der Waals surface area (Å²) in [5, 5.41) is 19.7. The molecule has 13 heteroatoms. The van der Waals surface area contributed by atoms with Gasteiger partial charge in [-0.25, -0.2) is 0 Å². The molecule has 0 fully saturated rings. The summed E-state index contributed by atoms with van der Waals surface area (Å²) in [6.45, 7) is 1.76. The van der Waals surface area contributed by atoms with Gasteiger partial charge in [0.1, 0.15) is 0 Å². The maximum atomic E-state index is 11.3. The number of carbonyl (C=O) groups excluding carboxylic acids is 2. The standard InChI is InChI=1S/2C5H5F3O2.Mo.2H2O/c2*1-3(9)2-4(10)5(6,7)8;;;/h2*2,10H,1H3;;2*1H2/q;;+2;;/p-2/b2*4-2-;;;. The van der Waals surface area contributed by atoms with Crippen molar-refractivity contribution in [1.29, 1.82) is 0 Å². The molecule has 0 bridgehead atoms. The molecule has 0 aliphatic carbocycles. The van der Waals surface area contributed by atoms with Crippen molar-refractivity contribution in [1.82, 2.24) is 0 Å². The summed E-state index contributed by atoms with van der Waals surface area (Å²) < 4.78 is 67.7. The summed E-state index contributed by atoms with van der Waals surface area (Å²) in [5.74, 6) is -6.02. The molecule has 0 heterocycles. The summed E-state index contributed by atoms with van der Waals surface area (Å²) >= 11 is 0. The van der Waals surface area contributed by atoms with E-state index in [0.717, 1.165) is 13.8 Å². The average Bonchev–Trinajstić information content (AvgIpc) is 2.13. The van der Waals surface area contributed by atoms with Gasteiger partial charge in [-0.2, -0.15) is 26.3 Å². The van der Waals surface area contributed by atoms with Crippen LogP contribution in [0.25, 0.3) is 0 Å². The van der Waals surface area contributed by atoms with Gasteiger partial charge in [0.2, 0.25) is 0 Å². The van der Waals surface area contributed by atoms with E-state index in [2.05, 4.69) is 0 Å². The normalized spacial score (nSPS) is 11.7. The van der Waals surface area contributed by atoms with Gasteiger partial charge in [-0.05, 0) is 37.5 Å². The molecular formula is C10H12F6MoO6. The maximum absolute atomic E-state index is 11.3. The number of halogens is 6. The van der Waals surface area contributed by atoms with Crippen LogP contribution in [0, 0.1) is 0 Å². The second-order valence-corrected chi connectivity index (χ2v) is 3.23. The third-order valence-electron chi connectivity index (χ3n) is 1.23. The minimum atomic E-state index is -4.92. The quantitative estimate of drug-likeness (QED) is 0.239. The van der Waals surface area contributed by atoms with E-state index in [1.54, 1.807) is 0 Å². The number of carbonyl (C=O) groups is 2. The van der Waals surface area contributed by atoms with E-state index in [1.165, 1.54) is 0 Å². The van der Waals surface area contributed by atoms with Gasteiger partial charge in [0.25, 0.3) is 0 Å². The van der Waals surface area contributed by atoms with E-state index in [4.69, 9.17) is 0 Å². The molecule has 0 saturated carbocycles. The third kappa shape index (κ3) is 20.6. The summed E-state index contributed by atoms with van der Waals surface area (Å²) in [6.07, 6.45) is -9.82. The van der Waals surface area contributed by atoms with Crippen LogP contribution in [0.3, 0.4) is 0 Å². The van der Waals surface area contributed by atoms with Gasteiger partial charge >= 0.3 is 33.4 Å². The van der Waals surface area contributed by atoms with E-state index in [9.17, 15) is 46.1 Å². The largest absolute Gasteiger partial charge is 2.00 e. The Kier molecular flexibility index (Phi) is 18.9. The predicted molar refractivity (Wildman–Crippen MR) is 56.9 cm³/mol. The fourth-order valence-electron chi connectivity index (χ4n) is 0.533. The fourth-order valence-corrected chi connectivity index (χ4v) is 0.533. The second-order valence-electron chi connectivity index (χ2n) is 3.23. The van der Waals surface area contributed by atoms with Crippen LogP contribution in [0.2, 0.25) is 0 Å². The molecule has 0 saturated heterocycles. The predicted octanol–water partition coefficient (Wildman–Crippen LogP) is -0.888. The minimum Gasteiger partial charge on any atom is -0.869 e. The van der Waals surface area contributed by atoms with Crippen LogP contribution in [0.15, 0.2) is 23.7 Å². The molecule has 0 unspecified atom stereocenters. The van der Waals surface area contributed by atoms with Crippen molar-refractivity contribution in [2.45, 2.75) is 26.2 Å². The van der Waals surface area contributed by atoms with Crippen molar-refractivity contribution in [3.63, 3.8) is 0 Å². The molecular weight excluding hydrogens is 426 g/mol. The first-order valence-corrected chi connectivity index (χ1v) is 4.61. The molecule has 4 N–H and O–H groups in total. The molecule has 0 spiro atoms. The summed E-state index contributed by atoms with van der Waals surface area (Å²) in [5.41, 5.74) is 0. The molecule has 0 aromatic heterocycles. The van der Waals surface area contributed by atoms with Crippen molar-refractivity contribution >= 4 is 11.6 Å². The minimum absolute atomic E-state index is 0. The van der Waals surface area contributed by atoms with Crippen LogP contribution in [-0.2, 0) is 30.7 Å². The Morgan fingerprint density at radius 1 is 0.739 bits per heavy atom. The number of hydrogen-bond donors (Lipinski definition) is 0. The molecule has 136 valence electrons. The Morgan fingerprint density at radius 2 is 0.913 bits per heavy atom. The number of hydrogen-bond acceptors (Lipinski definition) is 4. The van der Waals surface area contributed by atoms with E-state index in [0.29, 0.717) is 0 Å².